The van der Waals surface area contributed by atoms with Crippen molar-refractivity contribution in [1.82, 2.24) is 9.80 Å². The molecule has 1 amide bonds. The zero-order valence-electron chi connectivity index (χ0n) is 19.3. The molecule has 0 aliphatic carbocycles. The van der Waals surface area contributed by atoms with Crippen molar-refractivity contribution in [2.75, 3.05) is 40.4 Å². The van der Waals surface area contributed by atoms with Gasteiger partial charge in [-0.05, 0) is 55.1 Å². The van der Waals surface area contributed by atoms with Gasteiger partial charge in [0, 0.05) is 23.7 Å². The van der Waals surface area contributed by atoms with Crippen LogP contribution in [-0.4, -0.2) is 67.0 Å². The van der Waals surface area contributed by atoms with Crippen molar-refractivity contribution in [3.05, 3.63) is 64.2 Å². The van der Waals surface area contributed by atoms with Crippen molar-refractivity contribution in [2.45, 2.75) is 19.9 Å². The van der Waals surface area contributed by atoms with Crippen molar-refractivity contribution in [3.63, 3.8) is 0 Å². The molecule has 1 atom stereocenters. The zero-order valence-corrected chi connectivity index (χ0v) is 20.1. The fraction of sp³-hybridized carbons (Fsp3) is 0.360. The number of hydrogen-bond acceptors (Lipinski definition) is 6. The quantitative estimate of drug-likeness (QED) is 0.336. The van der Waals surface area contributed by atoms with Crippen LogP contribution in [0.4, 0.5) is 0 Å². The number of aliphatic hydroxyl groups is 1. The minimum Gasteiger partial charge on any atom is -0.507 e. The molecule has 1 fully saturated rings. The fourth-order valence-corrected chi connectivity index (χ4v) is 4.16. The van der Waals surface area contributed by atoms with Crippen molar-refractivity contribution >= 4 is 29.1 Å². The van der Waals surface area contributed by atoms with E-state index in [1.165, 1.54) is 19.1 Å². The summed E-state index contributed by atoms with van der Waals surface area (Å²) in [6, 6.07) is 10.9. The second-order valence-electron chi connectivity index (χ2n) is 7.64. The topological polar surface area (TPSA) is 79.3 Å². The van der Waals surface area contributed by atoms with Crippen molar-refractivity contribution < 1.29 is 24.2 Å². The first kappa shape index (κ1) is 24.6. The van der Waals surface area contributed by atoms with Gasteiger partial charge in [0.05, 0.1) is 25.8 Å². The largest absolute Gasteiger partial charge is 0.507 e. The number of amides is 1. The minimum absolute atomic E-state index is 0.0362. The SMILES string of the molecule is CCN(CC)CCN1C(=O)C(=O)/C(=C(/O)c2ccc(Cl)cc2)[C@H]1c1ccc(OC)c(OC)c1. The third kappa shape index (κ3) is 4.99. The van der Waals surface area contributed by atoms with E-state index in [2.05, 4.69) is 4.90 Å². The van der Waals surface area contributed by atoms with Gasteiger partial charge >= 0.3 is 0 Å². The van der Waals surface area contributed by atoms with Gasteiger partial charge in [-0.2, -0.15) is 0 Å². The molecule has 0 spiro atoms. The lowest BCUT2D eigenvalue weighted by Crippen LogP contribution is -2.38. The molecule has 0 bridgehead atoms. The lowest BCUT2D eigenvalue weighted by atomic mass is 9.95. The average molecular weight is 473 g/mol. The maximum atomic E-state index is 13.1. The number of methoxy groups -OCH3 is 2. The van der Waals surface area contributed by atoms with E-state index in [0.717, 1.165) is 13.1 Å². The summed E-state index contributed by atoms with van der Waals surface area (Å²) in [6.07, 6.45) is 0. The van der Waals surface area contributed by atoms with Gasteiger partial charge in [0.15, 0.2) is 11.5 Å². The standard InChI is InChI=1S/C25H29ClN2O5/c1-5-27(6-2)13-14-28-22(17-9-12-19(32-3)20(15-17)33-4)21(24(30)25(28)31)23(29)16-7-10-18(26)11-8-16/h7-12,15,22,29H,5-6,13-14H2,1-4H3/b23-21+/t22-/m1/s1. The van der Waals surface area contributed by atoms with Crippen LogP contribution in [0, 0.1) is 0 Å². The second kappa shape index (κ2) is 10.7. The van der Waals surface area contributed by atoms with Crippen LogP contribution in [0.5, 0.6) is 11.5 Å². The fourth-order valence-electron chi connectivity index (χ4n) is 4.03. The number of likely N-dealkylation sites (tertiary alicyclic amines) is 1. The highest BCUT2D eigenvalue weighted by Crippen LogP contribution is 2.41. The van der Waals surface area contributed by atoms with Gasteiger partial charge in [0.25, 0.3) is 11.7 Å². The third-order valence-corrected chi connectivity index (χ3v) is 6.18. The molecule has 33 heavy (non-hydrogen) atoms. The Kier molecular flexibility index (Phi) is 8.00. The maximum absolute atomic E-state index is 13.1. The number of ether oxygens (including phenoxy) is 2. The van der Waals surface area contributed by atoms with Crippen LogP contribution in [0.1, 0.15) is 31.0 Å². The molecule has 0 aromatic heterocycles. The molecular weight excluding hydrogens is 444 g/mol. The van der Waals surface area contributed by atoms with Crippen LogP contribution in [0.3, 0.4) is 0 Å². The molecule has 8 heteroatoms. The monoisotopic (exact) mass is 472 g/mol. The summed E-state index contributed by atoms with van der Waals surface area (Å²) in [5, 5.41) is 11.6. The highest BCUT2D eigenvalue weighted by atomic mass is 35.5. The minimum atomic E-state index is -0.768. The molecule has 176 valence electrons. The van der Waals surface area contributed by atoms with Gasteiger partial charge in [-0.1, -0.05) is 31.5 Å². The molecule has 1 aliphatic heterocycles. The summed E-state index contributed by atoms with van der Waals surface area (Å²) >= 11 is 5.98. The number of likely N-dealkylation sites (N-methyl/N-ethyl adjacent to an activating group) is 1. The first-order valence-electron chi connectivity index (χ1n) is 10.8. The average Bonchev–Trinajstić information content (AvgIpc) is 3.09. The van der Waals surface area contributed by atoms with Crippen molar-refractivity contribution in [2.24, 2.45) is 0 Å². The van der Waals surface area contributed by atoms with E-state index in [0.29, 0.717) is 40.7 Å². The highest BCUT2D eigenvalue weighted by molar-refractivity contribution is 6.46. The Morgan fingerprint density at radius 3 is 2.24 bits per heavy atom. The summed E-state index contributed by atoms with van der Waals surface area (Å²) in [6.45, 7) is 6.68. The van der Waals surface area contributed by atoms with E-state index >= 15 is 0 Å². The maximum Gasteiger partial charge on any atom is 0.295 e. The van der Waals surface area contributed by atoms with E-state index < -0.39 is 17.7 Å². The predicted octanol–water partition coefficient (Wildman–Crippen LogP) is 4.12. The summed E-state index contributed by atoms with van der Waals surface area (Å²) < 4.78 is 10.8. The second-order valence-corrected chi connectivity index (χ2v) is 8.08. The number of Topliss-reactive ketones (excluding diaryl/α,β-unsaturated/α-hetero) is 1. The van der Waals surface area contributed by atoms with Gasteiger partial charge < -0.3 is 24.4 Å². The number of carbonyl (C=O) groups excluding carboxylic acids is 2. The summed E-state index contributed by atoms with van der Waals surface area (Å²) in [7, 11) is 3.06. The normalized spacial score (nSPS) is 17.6. The van der Waals surface area contributed by atoms with Gasteiger partial charge in [-0.15, -0.1) is 0 Å². The molecule has 7 nitrogen and oxygen atoms in total. The van der Waals surface area contributed by atoms with Gasteiger partial charge in [0.2, 0.25) is 0 Å². The molecule has 3 rings (SSSR count). The van der Waals surface area contributed by atoms with Crippen LogP contribution >= 0.6 is 11.6 Å². The molecule has 2 aromatic carbocycles. The van der Waals surface area contributed by atoms with E-state index in [1.807, 2.05) is 13.8 Å². The number of halogens is 1. The molecule has 2 aromatic rings. The lowest BCUT2D eigenvalue weighted by Gasteiger charge is -2.28. The van der Waals surface area contributed by atoms with Crippen molar-refractivity contribution in [1.29, 1.82) is 0 Å². The number of ketones is 1. The number of nitrogens with zero attached hydrogens (tertiary/aromatic N) is 2. The Balaban J connectivity index is 2.14. The lowest BCUT2D eigenvalue weighted by molar-refractivity contribution is -0.140. The van der Waals surface area contributed by atoms with Crippen molar-refractivity contribution in [3.8, 4) is 11.5 Å². The van der Waals surface area contributed by atoms with Crippen LogP contribution in [0.15, 0.2) is 48.0 Å². The smallest absolute Gasteiger partial charge is 0.295 e. The molecule has 1 heterocycles. The first-order chi connectivity index (χ1) is 15.9. The molecule has 0 radical (unpaired) electrons. The highest BCUT2D eigenvalue weighted by Gasteiger charge is 2.46. The van der Waals surface area contributed by atoms with Crippen LogP contribution in [0.25, 0.3) is 5.76 Å². The molecule has 1 saturated heterocycles. The summed E-state index contributed by atoms with van der Waals surface area (Å²) in [5.74, 6) is -0.607. The first-order valence-corrected chi connectivity index (χ1v) is 11.2. The molecule has 1 N–H and O–H groups in total. The van der Waals surface area contributed by atoms with E-state index in [4.69, 9.17) is 21.1 Å². The van der Waals surface area contributed by atoms with Gasteiger partial charge in [-0.25, -0.2) is 0 Å². The van der Waals surface area contributed by atoms with Gasteiger partial charge in [-0.3, -0.25) is 9.59 Å². The predicted molar refractivity (Wildman–Crippen MR) is 128 cm³/mol. The number of aliphatic hydroxyl groups excluding tert-OH is 1. The van der Waals surface area contributed by atoms with Crippen LogP contribution in [0.2, 0.25) is 5.02 Å². The summed E-state index contributed by atoms with van der Waals surface area (Å²) in [5.41, 5.74) is 1.09. The molecular formula is C25H29ClN2O5. The molecule has 1 aliphatic rings. The van der Waals surface area contributed by atoms with E-state index in [1.54, 1.807) is 42.5 Å². The number of carbonyl (C=O) groups is 2. The van der Waals surface area contributed by atoms with E-state index in [-0.39, 0.29) is 11.3 Å². The number of benzene rings is 2. The molecule has 0 unspecified atom stereocenters. The van der Waals surface area contributed by atoms with Crippen LogP contribution in [-0.2, 0) is 9.59 Å². The number of hydrogen-bond donors (Lipinski definition) is 1. The number of rotatable bonds is 9. The Labute approximate surface area is 199 Å². The Bertz CT molecular complexity index is 1050. The van der Waals surface area contributed by atoms with Crippen LogP contribution < -0.4 is 9.47 Å². The Morgan fingerprint density at radius 1 is 1.03 bits per heavy atom. The van der Waals surface area contributed by atoms with Gasteiger partial charge in [0.1, 0.15) is 5.76 Å². The molecule has 0 saturated carbocycles. The summed E-state index contributed by atoms with van der Waals surface area (Å²) in [4.78, 5) is 29.9. The third-order valence-electron chi connectivity index (χ3n) is 5.93. The Morgan fingerprint density at radius 2 is 1.67 bits per heavy atom. The zero-order chi connectivity index (χ0) is 24.1. The van der Waals surface area contributed by atoms with E-state index in [9.17, 15) is 14.7 Å². The Hall–Kier alpha value is -3.03.